The van der Waals surface area contributed by atoms with Gasteiger partial charge in [0.2, 0.25) is 0 Å². The van der Waals surface area contributed by atoms with E-state index in [1.165, 1.54) is 24.1 Å². The maximum atomic E-state index is 9.33. The number of aromatic nitrogens is 1. The summed E-state index contributed by atoms with van der Waals surface area (Å²) in [5, 5.41) is 16.0. The lowest BCUT2D eigenvalue weighted by Gasteiger charge is -2.17. The minimum absolute atomic E-state index is 0.668. The predicted molar refractivity (Wildman–Crippen MR) is 93.6 cm³/mol. The summed E-state index contributed by atoms with van der Waals surface area (Å²) in [5.41, 5.74) is 4.23. The zero-order chi connectivity index (χ0) is 15.9. The molecule has 4 nitrogen and oxygen atoms in total. The van der Waals surface area contributed by atoms with Crippen molar-refractivity contribution >= 4 is 11.5 Å². The first kappa shape index (κ1) is 15.4. The lowest BCUT2D eigenvalue weighted by atomic mass is 9.95. The first-order chi connectivity index (χ1) is 11.4. The van der Waals surface area contributed by atoms with Crippen LogP contribution in [-0.4, -0.2) is 18.1 Å². The van der Waals surface area contributed by atoms with E-state index in [9.17, 15) is 5.26 Å². The SMILES string of the molecule is N#Cc1cc2c(nc1NCCCNc1ccccc1)CCCC2. The van der Waals surface area contributed by atoms with E-state index in [2.05, 4.69) is 33.8 Å². The highest BCUT2D eigenvalue weighted by molar-refractivity contribution is 5.54. The van der Waals surface area contributed by atoms with Crippen LogP contribution in [0, 0.1) is 11.3 Å². The molecule has 0 saturated carbocycles. The fourth-order valence-corrected chi connectivity index (χ4v) is 2.94. The molecule has 1 aromatic heterocycles. The van der Waals surface area contributed by atoms with Gasteiger partial charge in [-0.2, -0.15) is 5.26 Å². The van der Waals surface area contributed by atoms with Gasteiger partial charge >= 0.3 is 0 Å². The van der Waals surface area contributed by atoms with E-state index in [0.717, 1.165) is 43.9 Å². The van der Waals surface area contributed by atoms with Crippen LogP contribution < -0.4 is 10.6 Å². The molecule has 0 unspecified atom stereocenters. The fraction of sp³-hybridized carbons (Fsp3) is 0.368. The molecule has 1 aliphatic carbocycles. The van der Waals surface area contributed by atoms with Crippen molar-refractivity contribution in [2.45, 2.75) is 32.1 Å². The van der Waals surface area contributed by atoms with Gasteiger partial charge in [0.15, 0.2) is 0 Å². The Hall–Kier alpha value is -2.54. The van der Waals surface area contributed by atoms with E-state index in [0.29, 0.717) is 5.56 Å². The second-order valence-corrected chi connectivity index (χ2v) is 5.88. The lowest BCUT2D eigenvalue weighted by molar-refractivity contribution is 0.667. The summed E-state index contributed by atoms with van der Waals surface area (Å²) in [6, 6.07) is 14.5. The van der Waals surface area contributed by atoms with E-state index >= 15 is 0 Å². The second-order valence-electron chi connectivity index (χ2n) is 5.88. The Morgan fingerprint density at radius 3 is 2.65 bits per heavy atom. The fourth-order valence-electron chi connectivity index (χ4n) is 2.94. The number of aryl methyl sites for hydroxylation is 2. The number of nitriles is 1. The van der Waals surface area contributed by atoms with Gasteiger partial charge in [-0.05, 0) is 55.9 Å². The summed E-state index contributed by atoms with van der Waals surface area (Å²) in [4.78, 5) is 4.69. The van der Waals surface area contributed by atoms with E-state index < -0.39 is 0 Å². The molecule has 1 aliphatic rings. The van der Waals surface area contributed by atoms with Crippen LogP contribution in [-0.2, 0) is 12.8 Å². The lowest BCUT2D eigenvalue weighted by Crippen LogP contribution is -2.13. The number of para-hydroxylation sites is 1. The maximum Gasteiger partial charge on any atom is 0.144 e. The molecule has 0 aliphatic heterocycles. The molecule has 0 atom stereocenters. The van der Waals surface area contributed by atoms with E-state index in [4.69, 9.17) is 0 Å². The van der Waals surface area contributed by atoms with Crippen LogP contribution >= 0.6 is 0 Å². The van der Waals surface area contributed by atoms with Gasteiger partial charge in [0.05, 0.1) is 5.56 Å². The Bertz CT molecular complexity index is 689. The molecule has 2 aromatic rings. The molecule has 2 N–H and O–H groups in total. The standard InChI is InChI=1S/C19H22N4/c20-14-16-13-15-7-4-5-10-18(15)23-19(16)22-12-6-11-21-17-8-2-1-3-9-17/h1-3,8-9,13,21H,4-7,10-12H2,(H,22,23). The molecule has 118 valence electrons. The van der Waals surface area contributed by atoms with E-state index in [-0.39, 0.29) is 0 Å². The second kappa shape index (κ2) is 7.64. The third kappa shape index (κ3) is 4.01. The molecule has 1 heterocycles. The van der Waals surface area contributed by atoms with Crippen LogP contribution in [0.3, 0.4) is 0 Å². The van der Waals surface area contributed by atoms with Crippen molar-refractivity contribution in [2.75, 3.05) is 23.7 Å². The summed E-state index contributed by atoms with van der Waals surface area (Å²) in [5.74, 6) is 0.743. The maximum absolute atomic E-state index is 9.33. The smallest absolute Gasteiger partial charge is 0.144 e. The molecule has 0 saturated heterocycles. The van der Waals surface area contributed by atoms with Gasteiger partial charge in [-0.25, -0.2) is 4.98 Å². The number of fused-ring (bicyclic) bond motifs is 1. The number of anilines is 2. The van der Waals surface area contributed by atoms with Crippen LogP contribution in [0.25, 0.3) is 0 Å². The molecule has 0 spiro atoms. The highest BCUT2D eigenvalue weighted by Gasteiger charge is 2.14. The molecule has 0 bridgehead atoms. The van der Waals surface area contributed by atoms with Crippen LogP contribution in [0.4, 0.5) is 11.5 Å². The van der Waals surface area contributed by atoms with Gasteiger partial charge in [0, 0.05) is 24.5 Å². The molecule has 3 rings (SSSR count). The topological polar surface area (TPSA) is 60.7 Å². The zero-order valence-corrected chi connectivity index (χ0v) is 13.3. The summed E-state index contributed by atoms with van der Waals surface area (Å²) in [6.45, 7) is 1.70. The molecular formula is C19H22N4. The quantitative estimate of drug-likeness (QED) is 0.798. The number of nitrogens with one attached hydrogen (secondary N) is 2. The predicted octanol–water partition coefficient (Wildman–Crippen LogP) is 3.75. The van der Waals surface area contributed by atoms with Crippen LogP contribution in [0.2, 0.25) is 0 Å². The van der Waals surface area contributed by atoms with E-state index in [1.807, 2.05) is 24.3 Å². The van der Waals surface area contributed by atoms with Crippen molar-refractivity contribution in [1.82, 2.24) is 4.98 Å². The molecule has 23 heavy (non-hydrogen) atoms. The van der Waals surface area contributed by atoms with Crippen LogP contribution in [0.15, 0.2) is 36.4 Å². The third-order valence-corrected chi connectivity index (χ3v) is 4.17. The summed E-state index contributed by atoms with van der Waals surface area (Å²) < 4.78 is 0. The van der Waals surface area contributed by atoms with Gasteiger partial charge in [0.1, 0.15) is 11.9 Å². The minimum atomic E-state index is 0.668. The zero-order valence-electron chi connectivity index (χ0n) is 13.3. The summed E-state index contributed by atoms with van der Waals surface area (Å²) in [7, 11) is 0. The normalized spacial score (nSPS) is 13.0. The van der Waals surface area contributed by atoms with Crippen LogP contribution in [0.1, 0.15) is 36.1 Å². The Kier molecular flexibility index (Phi) is 5.10. The Balaban J connectivity index is 1.53. The molecule has 0 fully saturated rings. The van der Waals surface area contributed by atoms with Gasteiger partial charge in [-0.3, -0.25) is 0 Å². The minimum Gasteiger partial charge on any atom is -0.385 e. The molecule has 4 heteroatoms. The first-order valence-electron chi connectivity index (χ1n) is 8.32. The average Bonchev–Trinajstić information content (AvgIpc) is 2.61. The van der Waals surface area contributed by atoms with Crippen molar-refractivity contribution in [3.63, 3.8) is 0 Å². The number of pyridine rings is 1. The monoisotopic (exact) mass is 306 g/mol. The average molecular weight is 306 g/mol. The molecule has 0 amide bonds. The van der Waals surface area contributed by atoms with Crippen molar-refractivity contribution in [3.8, 4) is 6.07 Å². The first-order valence-corrected chi connectivity index (χ1v) is 8.32. The highest BCUT2D eigenvalue weighted by Crippen LogP contribution is 2.24. The third-order valence-electron chi connectivity index (χ3n) is 4.17. The highest BCUT2D eigenvalue weighted by atomic mass is 15.0. The van der Waals surface area contributed by atoms with Gasteiger partial charge in [0.25, 0.3) is 0 Å². The summed E-state index contributed by atoms with van der Waals surface area (Å²) in [6.07, 6.45) is 5.46. The van der Waals surface area contributed by atoms with Gasteiger partial charge in [-0.1, -0.05) is 18.2 Å². The van der Waals surface area contributed by atoms with Gasteiger partial charge < -0.3 is 10.6 Å². The number of hydrogen-bond donors (Lipinski definition) is 2. The number of benzene rings is 1. The van der Waals surface area contributed by atoms with E-state index in [1.54, 1.807) is 0 Å². The molecular weight excluding hydrogens is 284 g/mol. The number of hydrogen-bond acceptors (Lipinski definition) is 4. The van der Waals surface area contributed by atoms with Crippen molar-refractivity contribution in [2.24, 2.45) is 0 Å². The van der Waals surface area contributed by atoms with Crippen LogP contribution in [0.5, 0.6) is 0 Å². The Morgan fingerprint density at radius 1 is 1.04 bits per heavy atom. The summed E-state index contributed by atoms with van der Waals surface area (Å²) >= 11 is 0. The largest absolute Gasteiger partial charge is 0.385 e. The Morgan fingerprint density at radius 2 is 1.83 bits per heavy atom. The van der Waals surface area contributed by atoms with Gasteiger partial charge in [-0.15, -0.1) is 0 Å². The Labute approximate surface area is 137 Å². The molecule has 1 aromatic carbocycles. The number of nitrogens with zero attached hydrogens (tertiary/aromatic N) is 2. The molecule has 0 radical (unpaired) electrons. The van der Waals surface area contributed by atoms with Crippen molar-refractivity contribution < 1.29 is 0 Å². The van der Waals surface area contributed by atoms with Crippen molar-refractivity contribution in [3.05, 3.63) is 53.2 Å². The number of rotatable bonds is 6. The van der Waals surface area contributed by atoms with Crippen molar-refractivity contribution in [1.29, 1.82) is 5.26 Å².